The Morgan fingerprint density at radius 2 is 2.12 bits per heavy atom. The molecule has 0 radical (unpaired) electrons. The summed E-state index contributed by atoms with van der Waals surface area (Å²) in [5, 5.41) is 7.39. The molecule has 2 atom stereocenters. The highest BCUT2D eigenvalue weighted by Gasteiger charge is 2.39. The van der Waals surface area contributed by atoms with Crippen LogP contribution in [0, 0.1) is 11.8 Å². The number of aromatic nitrogens is 2. The molecule has 2 rings (SSSR count). The maximum absolute atomic E-state index is 11.8. The molecule has 0 spiro atoms. The van der Waals surface area contributed by atoms with E-state index >= 15 is 0 Å². The maximum Gasteiger partial charge on any atom is 0.228 e. The van der Waals surface area contributed by atoms with Crippen LogP contribution in [0.15, 0.2) is 6.07 Å². The van der Waals surface area contributed by atoms with Crippen LogP contribution in [0.3, 0.4) is 0 Å². The first-order valence-corrected chi connectivity index (χ1v) is 6.14. The van der Waals surface area contributed by atoms with Gasteiger partial charge in [0.25, 0.3) is 0 Å². The topological polar surface area (TPSA) is 46.9 Å². The quantitative estimate of drug-likeness (QED) is 0.855. The smallest absolute Gasteiger partial charge is 0.228 e. The number of carbonyl (C=O) groups is 1. The minimum absolute atomic E-state index is 0.00755. The third-order valence-electron chi connectivity index (χ3n) is 3.35. The van der Waals surface area contributed by atoms with E-state index in [9.17, 15) is 4.79 Å². The Kier molecular flexibility index (Phi) is 2.76. The minimum Gasteiger partial charge on any atom is -0.311 e. The molecule has 4 nitrogen and oxygen atoms in total. The molecular weight excluding hydrogens is 214 g/mol. The summed E-state index contributed by atoms with van der Waals surface area (Å²) in [6, 6.07) is 1.96. The molecule has 1 aromatic rings. The lowest BCUT2D eigenvalue weighted by Crippen LogP contribution is -2.16. The summed E-state index contributed by atoms with van der Waals surface area (Å²) in [5.74, 6) is 1.65. The number of carbonyl (C=O) groups excluding carboxylic acids is 1. The van der Waals surface area contributed by atoms with E-state index in [1.54, 1.807) is 4.68 Å². The summed E-state index contributed by atoms with van der Waals surface area (Å²) >= 11 is 0. The third kappa shape index (κ3) is 2.51. The van der Waals surface area contributed by atoms with Gasteiger partial charge in [0.05, 0.1) is 5.69 Å². The van der Waals surface area contributed by atoms with Crippen molar-refractivity contribution in [3.05, 3.63) is 11.8 Å². The Morgan fingerprint density at radius 3 is 2.53 bits per heavy atom. The highest BCUT2D eigenvalue weighted by atomic mass is 16.2. The Labute approximate surface area is 102 Å². The van der Waals surface area contributed by atoms with Gasteiger partial charge in [0, 0.05) is 24.4 Å². The zero-order valence-corrected chi connectivity index (χ0v) is 11.2. The van der Waals surface area contributed by atoms with Gasteiger partial charge in [-0.3, -0.25) is 9.48 Å². The van der Waals surface area contributed by atoms with Gasteiger partial charge in [-0.1, -0.05) is 27.7 Å². The normalized spacial score (nSPS) is 23.6. The molecular formula is C13H21N3O. The number of amides is 1. The number of rotatable bonds is 2. The van der Waals surface area contributed by atoms with E-state index in [-0.39, 0.29) is 17.2 Å². The van der Waals surface area contributed by atoms with E-state index in [0.717, 1.165) is 17.9 Å². The molecule has 4 heteroatoms. The lowest BCUT2D eigenvalue weighted by molar-refractivity contribution is -0.117. The van der Waals surface area contributed by atoms with Crippen molar-refractivity contribution in [2.24, 2.45) is 18.9 Å². The minimum atomic E-state index is 0.00755. The molecule has 1 saturated carbocycles. The van der Waals surface area contributed by atoms with E-state index in [2.05, 4.69) is 38.1 Å². The second-order valence-electron chi connectivity index (χ2n) is 6.10. The summed E-state index contributed by atoms with van der Waals surface area (Å²) in [5.41, 5.74) is 1.01. The first kappa shape index (κ1) is 12.1. The molecule has 1 aliphatic carbocycles. The van der Waals surface area contributed by atoms with Crippen LogP contribution in [0.1, 0.15) is 39.8 Å². The maximum atomic E-state index is 11.8. The van der Waals surface area contributed by atoms with Crippen molar-refractivity contribution in [1.82, 2.24) is 9.78 Å². The van der Waals surface area contributed by atoms with Crippen molar-refractivity contribution in [3.63, 3.8) is 0 Å². The fraction of sp³-hybridized carbons (Fsp3) is 0.692. The SMILES string of the molecule is CC1CC1C(=O)Nc1cc(C(C)(C)C)nn1C. The molecule has 2 unspecified atom stereocenters. The second-order valence-corrected chi connectivity index (χ2v) is 6.10. The molecule has 17 heavy (non-hydrogen) atoms. The molecule has 1 aromatic heterocycles. The lowest BCUT2D eigenvalue weighted by Gasteiger charge is -2.13. The highest BCUT2D eigenvalue weighted by Crippen LogP contribution is 2.38. The summed E-state index contributed by atoms with van der Waals surface area (Å²) in [7, 11) is 1.86. The van der Waals surface area contributed by atoms with Gasteiger partial charge < -0.3 is 5.32 Å². The van der Waals surface area contributed by atoms with E-state index in [4.69, 9.17) is 0 Å². The number of hydrogen-bond donors (Lipinski definition) is 1. The first-order valence-electron chi connectivity index (χ1n) is 6.14. The van der Waals surface area contributed by atoms with Crippen LogP contribution in [0.5, 0.6) is 0 Å². The average Bonchev–Trinajstić information content (AvgIpc) is 2.80. The Bertz CT molecular complexity index is 442. The van der Waals surface area contributed by atoms with Crippen LogP contribution >= 0.6 is 0 Å². The highest BCUT2D eigenvalue weighted by molar-refractivity contribution is 5.93. The molecule has 1 fully saturated rings. The number of hydrogen-bond acceptors (Lipinski definition) is 2. The van der Waals surface area contributed by atoms with E-state index in [1.807, 2.05) is 13.1 Å². The standard InChI is InChI=1S/C13H21N3O/c1-8-6-9(8)12(17)14-11-7-10(13(2,3)4)15-16(11)5/h7-9H,6H2,1-5H3,(H,14,17). The molecule has 0 saturated heterocycles. The Balaban J connectivity index is 2.11. The third-order valence-corrected chi connectivity index (χ3v) is 3.35. The number of nitrogens with zero attached hydrogens (tertiary/aromatic N) is 2. The van der Waals surface area contributed by atoms with E-state index in [0.29, 0.717) is 5.92 Å². The summed E-state index contributed by atoms with van der Waals surface area (Å²) < 4.78 is 1.74. The fourth-order valence-electron chi connectivity index (χ4n) is 1.86. The molecule has 1 N–H and O–H groups in total. The van der Waals surface area contributed by atoms with Crippen molar-refractivity contribution in [3.8, 4) is 0 Å². The molecule has 0 aromatic carbocycles. The van der Waals surface area contributed by atoms with Crippen molar-refractivity contribution in [1.29, 1.82) is 0 Å². The van der Waals surface area contributed by atoms with Crippen molar-refractivity contribution < 1.29 is 4.79 Å². The molecule has 1 amide bonds. The molecule has 0 aliphatic heterocycles. The first-order chi connectivity index (χ1) is 7.79. The molecule has 1 aliphatic rings. The molecule has 94 valence electrons. The summed E-state index contributed by atoms with van der Waals surface area (Å²) in [4.78, 5) is 11.8. The van der Waals surface area contributed by atoms with E-state index in [1.165, 1.54) is 0 Å². The van der Waals surface area contributed by atoms with E-state index < -0.39 is 0 Å². The average molecular weight is 235 g/mol. The van der Waals surface area contributed by atoms with Gasteiger partial charge in [0.15, 0.2) is 0 Å². The van der Waals surface area contributed by atoms with Crippen molar-refractivity contribution >= 4 is 11.7 Å². The van der Waals surface area contributed by atoms with Crippen LogP contribution < -0.4 is 5.32 Å². The lowest BCUT2D eigenvalue weighted by atomic mass is 9.92. The Hall–Kier alpha value is -1.32. The number of aryl methyl sites for hydroxylation is 1. The largest absolute Gasteiger partial charge is 0.311 e. The van der Waals surface area contributed by atoms with Crippen LogP contribution in [-0.2, 0) is 17.3 Å². The van der Waals surface area contributed by atoms with Gasteiger partial charge in [0.2, 0.25) is 5.91 Å². The van der Waals surface area contributed by atoms with Gasteiger partial charge in [-0.05, 0) is 12.3 Å². The van der Waals surface area contributed by atoms with Gasteiger partial charge in [0.1, 0.15) is 5.82 Å². The summed E-state index contributed by atoms with van der Waals surface area (Å²) in [6.07, 6.45) is 1.01. The monoisotopic (exact) mass is 235 g/mol. The number of nitrogens with one attached hydrogen (secondary N) is 1. The second kappa shape index (κ2) is 3.86. The fourth-order valence-corrected chi connectivity index (χ4v) is 1.86. The predicted molar refractivity (Wildman–Crippen MR) is 67.8 cm³/mol. The van der Waals surface area contributed by atoms with Crippen LogP contribution in [0.4, 0.5) is 5.82 Å². The van der Waals surface area contributed by atoms with Gasteiger partial charge in [-0.15, -0.1) is 0 Å². The van der Waals surface area contributed by atoms with Crippen LogP contribution in [0.25, 0.3) is 0 Å². The van der Waals surface area contributed by atoms with Crippen molar-refractivity contribution in [2.45, 2.75) is 39.5 Å². The van der Waals surface area contributed by atoms with Crippen molar-refractivity contribution in [2.75, 3.05) is 5.32 Å². The predicted octanol–water partition coefficient (Wildman–Crippen LogP) is 2.31. The zero-order valence-electron chi connectivity index (χ0n) is 11.2. The molecule has 1 heterocycles. The van der Waals surface area contributed by atoms with Gasteiger partial charge >= 0.3 is 0 Å². The Morgan fingerprint density at radius 1 is 1.53 bits per heavy atom. The van der Waals surface area contributed by atoms with Crippen LogP contribution in [-0.4, -0.2) is 15.7 Å². The zero-order chi connectivity index (χ0) is 12.8. The van der Waals surface area contributed by atoms with Crippen LogP contribution in [0.2, 0.25) is 0 Å². The number of anilines is 1. The van der Waals surface area contributed by atoms with Gasteiger partial charge in [-0.2, -0.15) is 5.10 Å². The molecule has 0 bridgehead atoms. The summed E-state index contributed by atoms with van der Waals surface area (Å²) in [6.45, 7) is 8.45. The van der Waals surface area contributed by atoms with Gasteiger partial charge in [-0.25, -0.2) is 0 Å².